The van der Waals surface area contributed by atoms with Gasteiger partial charge >= 0.3 is 0 Å². The number of ether oxygens (including phenoxy) is 2. The average Bonchev–Trinajstić information content (AvgIpc) is 3.47. The number of aromatic nitrogens is 2. The maximum absolute atomic E-state index is 12.6. The number of anilines is 1. The predicted octanol–water partition coefficient (Wildman–Crippen LogP) is 2.77. The lowest BCUT2D eigenvalue weighted by Crippen LogP contribution is -2.48. The first-order chi connectivity index (χ1) is 15.2. The summed E-state index contributed by atoms with van der Waals surface area (Å²) >= 11 is 0. The summed E-state index contributed by atoms with van der Waals surface area (Å²) in [5.41, 5.74) is 1.12. The summed E-state index contributed by atoms with van der Waals surface area (Å²) in [4.78, 5) is 17.2. The van der Waals surface area contributed by atoms with Crippen molar-refractivity contribution in [1.29, 1.82) is 0 Å². The fourth-order valence-electron chi connectivity index (χ4n) is 4.59. The van der Waals surface area contributed by atoms with Crippen LogP contribution in [0.4, 0.5) is 5.82 Å². The molecule has 4 rings (SSSR count). The molecule has 1 saturated carbocycles. The van der Waals surface area contributed by atoms with Crippen molar-refractivity contribution in [1.82, 2.24) is 19.6 Å². The molecule has 1 aliphatic carbocycles. The van der Waals surface area contributed by atoms with Crippen molar-refractivity contribution in [3.63, 3.8) is 0 Å². The summed E-state index contributed by atoms with van der Waals surface area (Å²) in [5.74, 6) is 2.56. The Labute approximate surface area is 184 Å². The SMILES string of the molecule is COc1ccc(OC)c(CN2CCN(CC(=O)Nc3ccnn3C3CCCC3)CC2)c1. The summed E-state index contributed by atoms with van der Waals surface area (Å²) in [7, 11) is 3.37. The number of piperazine rings is 1. The number of amides is 1. The molecule has 1 aliphatic heterocycles. The van der Waals surface area contributed by atoms with Gasteiger partial charge in [-0.05, 0) is 31.0 Å². The van der Waals surface area contributed by atoms with Crippen molar-refractivity contribution in [2.24, 2.45) is 0 Å². The third kappa shape index (κ3) is 5.37. The molecule has 2 aromatic rings. The fourth-order valence-corrected chi connectivity index (χ4v) is 4.59. The van der Waals surface area contributed by atoms with Gasteiger partial charge < -0.3 is 14.8 Å². The van der Waals surface area contributed by atoms with Crippen LogP contribution in [0.1, 0.15) is 37.3 Å². The highest BCUT2D eigenvalue weighted by Crippen LogP contribution is 2.31. The third-order valence-corrected chi connectivity index (χ3v) is 6.32. The zero-order chi connectivity index (χ0) is 21.6. The quantitative estimate of drug-likeness (QED) is 0.699. The molecular weight excluding hydrogens is 394 g/mol. The van der Waals surface area contributed by atoms with Crippen LogP contribution in [0, 0.1) is 0 Å². The van der Waals surface area contributed by atoms with E-state index in [0.29, 0.717) is 12.6 Å². The van der Waals surface area contributed by atoms with E-state index in [2.05, 4.69) is 20.2 Å². The number of nitrogens with zero attached hydrogens (tertiary/aromatic N) is 4. The Balaban J connectivity index is 1.26. The Morgan fingerprint density at radius 2 is 1.81 bits per heavy atom. The van der Waals surface area contributed by atoms with Gasteiger partial charge in [0.05, 0.1) is 33.0 Å². The maximum atomic E-state index is 12.6. The molecule has 0 spiro atoms. The van der Waals surface area contributed by atoms with E-state index in [1.807, 2.05) is 28.9 Å². The summed E-state index contributed by atoms with van der Waals surface area (Å²) < 4.78 is 12.8. The average molecular weight is 428 g/mol. The minimum absolute atomic E-state index is 0.0302. The molecule has 0 radical (unpaired) electrons. The molecule has 1 aromatic heterocycles. The van der Waals surface area contributed by atoms with E-state index in [-0.39, 0.29) is 5.91 Å². The van der Waals surface area contributed by atoms with Crippen LogP contribution in [0.3, 0.4) is 0 Å². The standard InChI is InChI=1S/C23H33N5O3/c1-30-20-7-8-21(31-2)18(15-20)16-26-11-13-27(14-12-26)17-23(29)25-22-9-10-24-28(22)19-5-3-4-6-19/h7-10,15,19H,3-6,11-14,16-17H2,1-2H3,(H,25,29). The molecule has 0 atom stereocenters. The summed E-state index contributed by atoms with van der Waals surface area (Å²) in [5, 5.41) is 7.51. The van der Waals surface area contributed by atoms with E-state index in [0.717, 1.165) is 68.4 Å². The Bertz CT molecular complexity index is 870. The van der Waals surface area contributed by atoms with Crippen LogP contribution < -0.4 is 14.8 Å². The van der Waals surface area contributed by atoms with Gasteiger partial charge in [0.15, 0.2) is 0 Å². The van der Waals surface area contributed by atoms with Gasteiger partial charge in [0.2, 0.25) is 5.91 Å². The maximum Gasteiger partial charge on any atom is 0.239 e. The molecule has 2 heterocycles. The second-order valence-electron chi connectivity index (χ2n) is 8.38. The molecule has 8 heteroatoms. The van der Waals surface area contributed by atoms with Gasteiger partial charge in [0.1, 0.15) is 17.3 Å². The first kappa shape index (κ1) is 21.6. The summed E-state index contributed by atoms with van der Waals surface area (Å²) in [6.45, 7) is 4.76. The molecular formula is C23H33N5O3. The minimum atomic E-state index is 0.0302. The van der Waals surface area contributed by atoms with Crippen LogP contribution in [0.15, 0.2) is 30.5 Å². The van der Waals surface area contributed by atoms with Crippen molar-refractivity contribution in [3.8, 4) is 11.5 Å². The molecule has 168 valence electrons. The smallest absolute Gasteiger partial charge is 0.239 e. The number of hydrogen-bond donors (Lipinski definition) is 1. The zero-order valence-corrected chi connectivity index (χ0v) is 18.5. The van der Waals surface area contributed by atoms with E-state index in [9.17, 15) is 4.79 Å². The second kappa shape index (κ2) is 10.2. The van der Waals surface area contributed by atoms with Crippen molar-refractivity contribution in [2.45, 2.75) is 38.3 Å². The number of rotatable bonds is 8. The highest BCUT2D eigenvalue weighted by Gasteiger charge is 2.23. The van der Waals surface area contributed by atoms with Gasteiger partial charge in [-0.3, -0.25) is 14.6 Å². The predicted molar refractivity (Wildman–Crippen MR) is 120 cm³/mol. The van der Waals surface area contributed by atoms with Crippen LogP contribution in [-0.2, 0) is 11.3 Å². The lowest BCUT2D eigenvalue weighted by atomic mass is 10.1. The molecule has 1 aromatic carbocycles. The monoisotopic (exact) mass is 427 g/mol. The van der Waals surface area contributed by atoms with E-state index in [1.165, 1.54) is 12.8 Å². The first-order valence-corrected chi connectivity index (χ1v) is 11.1. The van der Waals surface area contributed by atoms with Crippen molar-refractivity contribution in [2.75, 3.05) is 52.3 Å². The molecule has 2 aliphatic rings. The van der Waals surface area contributed by atoms with E-state index >= 15 is 0 Å². The molecule has 1 amide bonds. The van der Waals surface area contributed by atoms with E-state index in [4.69, 9.17) is 9.47 Å². The Morgan fingerprint density at radius 3 is 2.52 bits per heavy atom. The summed E-state index contributed by atoms with van der Waals surface area (Å²) in [6.07, 6.45) is 6.54. The number of benzene rings is 1. The lowest BCUT2D eigenvalue weighted by Gasteiger charge is -2.34. The van der Waals surface area contributed by atoms with Crippen LogP contribution >= 0.6 is 0 Å². The Morgan fingerprint density at radius 1 is 1.06 bits per heavy atom. The van der Waals surface area contributed by atoms with Crippen LogP contribution in [-0.4, -0.2) is 72.4 Å². The van der Waals surface area contributed by atoms with Crippen molar-refractivity contribution < 1.29 is 14.3 Å². The number of carbonyl (C=O) groups excluding carboxylic acids is 1. The number of carbonyl (C=O) groups is 1. The minimum Gasteiger partial charge on any atom is -0.497 e. The molecule has 1 saturated heterocycles. The third-order valence-electron chi connectivity index (χ3n) is 6.32. The van der Waals surface area contributed by atoms with Crippen LogP contribution in [0.5, 0.6) is 11.5 Å². The van der Waals surface area contributed by atoms with Crippen molar-refractivity contribution >= 4 is 11.7 Å². The lowest BCUT2D eigenvalue weighted by molar-refractivity contribution is -0.117. The normalized spacial score (nSPS) is 18.3. The van der Waals surface area contributed by atoms with Gasteiger partial charge in [-0.2, -0.15) is 5.10 Å². The van der Waals surface area contributed by atoms with Gasteiger partial charge in [-0.15, -0.1) is 0 Å². The number of hydrogen-bond acceptors (Lipinski definition) is 6. The first-order valence-electron chi connectivity index (χ1n) is 11.1. The van der Waals surface area contributed by atoms with E-state index < -0.39 is 0 Å². The largest absolute Gasteiger partial charge is 0.497 e. The van der Waals surface area contributed by atoms with Crippen molar-refractivity contribution in [3.05, 3.63) is 36.0 Å². The zero-order valence-electron chi connectivity index (χ0n) is 18.5. The topological polar surface area (TPSA) is 71.9 Å². The van der Waals surface area contributed by atoms with Crippen LogP contribution in [0.25, 0.3) is 0 Å². The highest BCUT2D eigenvalue weighted by atomic mass is 16.5. The molecule has 8 nitrogen and oxygen atoms in total. The molecule has 2 fully saturated rings. The molecule has 31 heavy (non-hydrogen) atoms. The van der Waals surface area contributed by atoms with Crippen LogP contribution in [0.2, 0.25) is 0 Å². The Kier molecular flexibility index (Phi) is 7.09. The van der Waals surface area contributed by atoms with Gasteiger partial charge in [0.25, 0.3) is 0 Å². The Hall–Kier alpha value is -2.58. The van der Waals surface area contributed by atoms with Gasteiger partial charge in [-0.25, -0.2) is 4.68 Å². The fraction of sp³-hybridized carbons (Fsp3) is 0.565. The second-order valence-corrected chi connectivity index (χ2v) is 8.38. The number of methoxy groups -OCH3 is 2. The van der Waals surface area contributed by atoms with Gasteiger partial charge in [-0.1, -0.05) is 12.8 Å². The van der Waals surface area contributed by atoms with E-state index in [1.54, 1.807) is 20.4 Å². The molecule has 0 unspecified atom stereocenters. The molecule has 1 N–H and O–H groups in total. The summed E-state index contributed by atoms with van der Waals surface area (Å²) in [6, 6.07) is 8.21. The van der Waals surface area contributed by atoms with Gasteiger partial charge in [0, 0.05) is 44.4 Å². The highest BCUT2D eigenvalue weighted by molar-refractivity contribution is 5.91. The molecule has 0 bridgehead atoms. The number of nitrogens with one attached hydrogen (secondary N) is 1.